The Bertz CT molecular complexity index is 1650. The van der Waals surface area contributed by atoms with Crippen LogP contribution in [0.2, 0.25) is 0 Å². The molecule has 0 spiro atoms. The maximum atomic E-state index is 13.5. The summed E-state index contributed by atoms with van der Waals surface area (Å²) < 4.78 is 7.56. The van der Waals surface area contributed by atoms with E-state index >= 15 is 0 Å². The Morgan fingerprint density at radius 2 is 1.65 bits per heavy atom. The maximum Gasteiger partial charge on any atom is 0.266 e. The number of hydrogen-bond acceptors (Lipinski definition) is 5. The lowest BCUT2D eigenvalue weighted by atomic mass is 10.1. The van der Waals surface area contributed by atoms with E-state index < -0.39 is 0 Å². The van der Waals surface area contributed by atoms with Gasteiger partial charge in [0.1, 0.15) is 5.75 Å². The van der Waals surface area contributed by atoms with Gasteiger partial charge in [-0.15, -0.1) is 0 Å². The number of para-hydroxylation sites is 4. The quantitative estimate of drug-likeness (QED) is 0.200. The van der Waals surface area contributed by atoms with E-state index in [2.05, 4.69) is 5.32 Å². The van der Waals surface area contributed by atoms with Crippen molar-refractivity contribution in [1.29, 1.82) is 0 Å². The number of thioether (sulfide) groups is 1. The Morgan fingerprint density at radius 3 is 2.46 bits per heavy atom. The minimum atomic E-state index is -0.233. The number of aryl methyl sites for hydroxylation is 2. The van der Waals surface area contributed by atoms with E-state index in [1.165, 1.54) is 11.8 Å². The number of benzene rings is 4. The molecule has 5 rings (SSSR count). The molecule has 0 saturated carbocycles. The highest BCUT2D eigenvalue weighted by molar-refractivity contribution is 7.99. The summed E-state index contributed by atoms with van der Waals surface area (Å²) in [6.45, 7) is 3.98. The smallest absolute Gasteiger partial charge is 0.266 e. The zero-order chi connectivity index (χ0) is 25.8. The molecule has 0 saturated heterocycles. The van der Waals surface area contributed by atoms with Gasteiger partial charge >= 0.3 is 0 Å². The average Bonchev–Trinajstić information content (AvgIpc) is 2.90. The lowest BCUT2D eigenvalue weighted by molar-refractivity contribution is -0.113. The van der Waals surface area contributed by atoms with Crippen LogP contribution < -0.4 is 15.6 Å². The highest BCUT2D eigenvalue weighted by Crippen LogP contribution is 2.30. The van der Waals surface area contributed by atoms with E-state index in [0.717, 1.165) is 16.8 Å². The molecule has 1 aromatic heterocycles. The number of carbonyl (C=O) groups excluding carboxylic acids is 1. The number of nitrogens with one attached hydrogen (secondary N) is 1. The molecule has 0 atom stereocenters. The van der Waals surface area contributed by atoms with Crippen LogP contribution in [-0.2, 0) is 4.79 Å². The summed E-state index contributed by atoms with van der Waals surface area (Å²) in [5.74, 6) is 1.05. The zero-order valence-corrected chi connectivity index (χ0v) is 21.3. The number of aromatic nitrogens is 2. The minimum Gasteiger partial charge on any atom is -0.455 e. The molecule has 7 heteroatoms. The van der Waals surface area contributed by atoms with Gasteiger partial charge in [0, 0.05) is 0 Å². The Hall–Kier alpha value is -4.36. The Balaban J connectivity index is 1.42. The fraction of sp³-hybridized carbons (Fsp3) is 0.100. The van der Waals surface area contributed by atoms with E-state index in [0.29, 0.717) is 33.2 Å². The van der Waals surface area contributed by atoms with Crippen LogP contribution in [0.4, 0.5) is 5.69 Å². The van der Waals surface area contributed by atoms with Crippen molar-refractivity contribution in [2.75, 3.05) is 11.1 Å². The van der Waals surface area contributed by atoms with Crippen LogP contribution in [0.1, 0.15) is 11.1 Å². The van der Waals surface area contributed by atoms with E-state index in [9.17, 15) is 9.59 Å². The predicted octanol–water partition coefficient (Wildman–Crippen LogP) is 6.53. The molecule has 4 aromatic carbocycles. The van der Waals surface area contributed by atoms with Crippen LogP contribution in [0.25, 0.3) is 16.6 Å². The maximum absolute atomic E-state index is 13.5. The summed E-state index contributed by atoms with van der Waals surface area (Å²) in [6.07, 6.45) is 0. The van der Waals surface area contributed by atoms with Crippen molar-refractivity contribution >= 4 is 34.3 Å². The van der Waals surface area contributed by atoms with Gasteiger partial charge in [-0.25, -0.2) is 4.98 Å². The van der Waals surface area contributed by atoms with E-state index in [1.54, 1.807) is 22.8 Å². The van der Waals surface area contributed by atoms with Crippen LogP contribution >= 0.6 is 11.8 Å². The second-order valence-electron chi connectivity index (χ2n) is 8.59. The van der Waals surface area contributed by atoms with Crippen LogP contribution in [0, 0.1) is 13.8 Å². The van der Waals surface area contributed by atoms with Crippen LogP contribution in [0.15, 0.2) is 107 Å². The highest BCUT2D eigenvalue weighted by Gasteiger charge is 2.17. The number of anilines is 1. The predicted molar refractivity (Wildman–Crippen MR) is 149 cm³/mol. The fourth-order valence-corrected chi connectivity index (χ4v) is 4.87. The summed E-state index contributed by atoms with van der Waals surface area (Å²) in [4.78, 5) is 31.3. The normalized spacial score (nSPS) is 10.9. The first-order chi connectivity index (χ1) is 18.0. The fourth-order valence-electron chi connectivity index (χ4n) is 4.07. The first-order valence-electron chi connectivity index (χ1n) is 11.8. The molecule has 0 aliphatic heterocycles. The second kappa shape index (κ2) is 10.7. The average molecular weight is 508 g/mol. The van der Waals surface area contributed by atoms with Gasteiger partial charge in [-0.1, -0.05) is 71.9 Å². The second-order valence-corrected chi connectivity index (χ2v) is 9.53. The highest BCUT2D eigenvalue weighted by atomic mass is 32.2. The van der Waals surface area contributed by atoms with Crippen molar-refractivity contribution in [3.8, 4) is 17.2 Å². The summed E-state index contributed by atoms with van der Waals surface area (Å²) in [5.41, 5.74) is 3.80. The molecule has 0 bridgehead atoms. The Kier molecular flexibility index (Phi) is 7.05. The lowest BCUT2D eigenvalue weighted by Crippen LogP contribution is -2.23. The molecule has 1 heterocycles. The molecule has 5 aromatic rings. The van der Waals surface area contributed by atoms with Crippen LogP contribution in [0.3, 0.4) is 0 Å². The van der Waals surface area contributed by atoms with E-state index in [1.807, 2.05) is 92.7 Å². The number of carbonyl (C=O) groups is 1. The van der Waals surface area contributed by atoms with Crippen molar-refractivity contribution in [3.05, 3.63) is 119 Å². The van der Waals surface area contributed by atoms with Crippen molar-refractivity contribution < 1.29 is 9.53 Å². The number of rotatable bonds is 7. The standard InChI is InChI=1S/C30H25N3O3S/c1-20-16-17-26(21(2)18-20)33-29(35)23-12-6-7-13-24(23)32-30(33)37-19-28(34)31-25-14-8-9-15-27(25)36-22-10-4-3-5-11-22/h3-18H,19H2,1-2H3,(H,31,34). The third-order valence-corrected chi connectivity index (χ3v) is 6.74. The summed E-state index contributed by atoms with van der Waals surface area (Å²) >= 11 is 1.22. The monoisotopic (exact) mass is 507 g/mol. The first kappa shape index (κ1) is 24.3. The number of ether oxygens (including phenoxy) is 1. The number of nitrogens with zero attached hydrogens (tertiary/aromatic N) is 2. The molecule has 0 aliphatic carbocycles. The topological polar surface area (TPSA) is 73.2 Å². The summed E-state index contributed by atoms with van der Waals surface area (Å²) in [5, 5.41) is 3.92. The van der Waals surface area contributed by atoms with E-state index in [-0.39, 0.29) is 17.2 Å². The van der Waals surface area contributed by atoms with Gasteiger partial charge in [0.25, 0.3) is 5.56 Å². The molecule has 1 N–H and O–H groups in total. The molecule has 1 amide bonds. The molecule has 0 radical (unpaired) electrons. The molecule has 0 unspecified atom stereocenters. The first-order valence-corrected chi connectivity index (χ1v) is 12.8. The van der Waals surface area contributed by atoms with Gasteiger partial charge in [-0.2, -0.15) is 0 Å². The van der Waals surface area contributed by atoms with Crippen LogP contribution in [-0.4, -0.2) is 21.2 Å². The number of amides is 1. The molecular weight excluding hydrogens is 482 g/mol. The van der Waals surface area contributed by atoms with Crippen LogP contribution in [0.5, 0.6) is 11.5 Å². The van der Waals surface area contributed by atoms with Gasteiger partial charge < -0.3 is 10.1 Å². The van der Waals surface area contributed by atoms with Gasteiger partial charge in [0.2, 0.25) is 5.91 Å². The van der Waals surface area contributed by atoms with Gasteiger partial charge in [0.15, 0.2) is 10.9 Å². The van der Waals surface area contributed by atoms with Gasteiger partial charge in [0.05, 0.1) is 28.0 Å². The molecule has 184 valence electrons. The van der Waals surface area contributed by atoms with Crippen molar-refractivity contribution in [2.45, 2.75) is 19.0 Å². The third-order valence-electron chi connectivity index (χ3n) is 5.80. The number of hydrogen-bond donors (Lipinski definition) is 1. The third kappa shape index (κ3) is 5.42. The van der Waals surface area contributed by atoms with Crippen molar-refractivity contribution in [1.82, 2.24) is 9.55 Å². The molecular formula is C30H25N3O3S. The van der Waals surface area contributed by atoms with Gasteiger partial charge in [-0.3, -0.25) is 14.2 Å². The SMILES string of the molecule is Cc1ccc(-n2c(SCC(=O)Nc3ccccc3Oc3ccccc3)nc3ccccc3c2=O)c(C)c1. The molecule has 0 fully saturated rings. The zero-order valence-electron chi connectivity index (χ0n) is 20.5. The molecule has 37 heavy (non-hydrogen) atoms. The van der Waals surface area contributed by atoms with Crippen molar-refractivity contribution in [2.24, 2.45) is 0 Å². The molecule has 6 nitrogen and oxygen atoms in total. The van der Waals surface area contributed by atoms with E-state index in [4.69, 9.17) is 9.72 Å². The Labute approximate surface area is 219 Å². The largest absolute Gasteiger partial charge is 0.455 e. The van der Waals surface area contributed by atoms with Crippen molar-refractivity contribution in [3.63, 3.8) is 0 Å². The Morgan fingerprint density at radius 1 is 0.919 bits per heavy atom. The minimum absolute atomic E-state index is 0.0648. The summed E-state index contributed by atoms with van der Waals surface area (Å²) in [6, 6.07) is 29.9. The molecule has 0 aliphatic rings. The lowest BCUT2D eigenvalue weighted by Gasteiger charge is -2.16. The van der Waals surface area contributed by atoms with Gasteiger partial charge in [-0.05, 0) is 61.9 Å². The summed E-state index contributed by atoms with van der Waals surface area (Å²) in [7, 11) is 0. The number of fused-ring (bicyclic) bond motifs is 1.